The van der Waals surface area contributed by atoms with Gasteiger partial charge in [0.25, 0.3) is 0 Å². The van der Waals surface area contributed by atoms with Crippen molar-refractivity contribution in [3.8, 4) is 0 Å². The van der Waals surface area contributed by atoms with E-state index in [-0.39, 0.29) is 12.5 Å². The van der Waals surface area contributed by atoms with Crippen molar-refractivity contribution in [1.82, 2.24) is 10.6 Å². The number of carbonyl (C=O) groups excluding carboxylic acids is 1. The first kappa shape index (κ1) is 14.5. The SMILES string of the molecule is CC(CCCO)NCC(=O)NC1CCCCC1. The standard InChI is InChI=1S/C13H26N2O2/c1-11(6-5-9-16)14-10-13(17)15-12-7-3-2-4-8-12/h11-12,14,16H,2-10H2,1H3,(H,15,17). The monoisotopic (exact) mass is 242 g/mol. The number of hydrogen-bond donors (Lipinski definition) is 3. The summed E-state index contributed by atoms with van der Waals surface area (Å²) in [6.45, 7) is 2.66. The largest absolute Gasteiger partial charge is 0.396 e. The maximum atomic E-state index is 11.7. The first-order chi connectivity index (χ1) is 8.22. The number of aliphatic hydroxyl groups excluding tert-OH is 1. The number of rotatable bonds is 7. The lowest BCUT2D eigenvalue weighted by atomic mass is 9.95. The number of amides is 1. The zero-order chi connectivity index (χ0) is 12.5. The fourth-order valence-electron chi connectivity index (χ4n) is 2.29. The predicted octanol–water partition coefficient (Wildman–Crippen LogP) is 1.19. The average molecular weight is 242 g/mol. The van der Waals surface area contributed by atoms with Crippen LogP contribution in [0.5, 0.6) is 0 Å². The van der Waals surface area contributed by atoms with E-state index >= 15 is 0 Å². The molecule has 4 nitrogen and oxygen atoms in total. The molecule has 1 fully saturated rings. The molecule has 1 aliphatic rings. The van der Waals surface area contributed by atoms with Crippen molar-refractivity contribution in [1.29, 1.82) is 0 Å². The number of aliphatic hydroxyl groups is 1. The van der Waals surface area contributed by atoms with Gasteiger partial charge in [0, 0.05) is 18.7 Å². The lowest BCUT2D eigenvalue weighted by Crippen LogP contribution is -2.43. The highest BCUT2D eigenvalue weighted by Gasteiger charge is 2.15. The van der Waals surface area contributed by atoms with Crippen molar-refractivity contribution < 1.29 is 9.90 Å². The van der Waals surface area contributed by atoms with E-state index in [0.717, 1.165) is 25.7 Å². The first-order valence-electron chi connectivity index (χ1n) is 6.86. The van der Waals surface area contributed by atoms with Crippen LogP contribution in [0, 0.1) is 0 Å². The Kier molecular flexibility index (Phi) is 7.21. The van der Waals surface area contributed by atoms with Gasteiger partial charge in [-0.2, -0.15) is 0 Å². The summed E-state index contributed by atoms with van der Waals surface area (Å²) in [6.07, 6.45) is 7.75. The minimum Gasteiger partial charge on any atom is -0.396 e. The minimum atomic E-state index is 0.104. The van der Waals surface area contributed by atoms with Gasteiger partial charge in [0.05, 0.1) is 6.54 Å². The fraction of sp³-hybridized carbons (Fsp3) is 0.923. The van der Waals surface area contributed by atoms with Crippen LogP contribution in [0.25, 0.3) is 0 Å². The molecule has 0 heterocycles. The van der Waals surface area contributed by atoms with E-state index in [4.69, 9.17) is 5.11 Å². The Morgan fingerprint density at radius 2 is 2.06 bits per heavy atom. The molecule has 0 spiro atoms. The lowest BCUT2D eigenvalue weighted by molar-refractivity contribution is -0.121. The highest BCUT2D eigenvalue weighted by atomic mass is 16.2. The number of nitrogens with one attached hydrogen (secondary N) is 2. The highest BCUT2D eigenvalue weighted by molar-refractivity contribution is 5.78. The third-order valence-electron chi connectivity index (χ3n) is 3.38. The Morgan fingerprint density at radius 1 is 1.35 bits per heavy atom. The molecular weight excluding hydrogens is 216 g/mol. The average Bonchev–Trinajstić information content (AvgIpc) is 2.35. The van der Waals surface area contributed by atoms with Crippen LogP contribution in [-0.2, 0) is 4.79 Å². The van der Waals surface area contributed by atoms with Crippen molar-refractivity contribution in [3.63, 3.8) is 0 Å². The van der Waals surface area contributed by atoms with E-state index in [1.807, 2.05) is 6.92 Å². The molecule has 1 atom stereocenters. The lowest BCUT2D eigenvalue weighted by Gasteiger charge is -2.23. The van der Waals surface area contributed by atoms with Crippen LogP contribution in [0.15, 0.2) is 0 Å². The molecule has 3 N–H and O–H groups in total. The Balaban J connectivity index is 2.07. The number of hydrogen-bond acceptors (Lipinski definition) is 3. The molecular formula is C13H26N2O2. The first-order valence-corrected chi connectivity index (χ1v) is 6.86. The van der Waals surface area contributed by atoms with Crippen LogP contribution in [0.4, 0.5) is 0 Å². The van der Waals surface area contributed by atoms with E-state index in [1.54, 1.807) is 0 Å². The molecule has 1 unspecified atom stereocenters. The van der Waals surface area contributed by atoms with Crippen molar-refractivity contribution in [2.24, 2.45) is 0 Å². The molecule has 0 aromatic rings. The van der Waals surface area contributed by atoms with E-state index < -0.39 is 0 Å². The van der Waals surface area contributed by atoms with Crippen molar-refractivity contribution in [2.75, 3.05) is 13.2 Å². The maximum Gasteiger partial charge on any atom is 0.234 e. The summed E-state index contributed by atoms with van der Waals surface area (Å²) in [5.41, 5.74) is 0. The van der Waals surface area contributed by atoms with Gasteiger partial charge < -0.3 is 15.7 Å². The van der Waals surface area contributed by atoms with Crippen molar-refractivity contribution >= 4 is 5.91 Å². The van der Waals surface area contributed by atoms with Gasteiger partial charge in [0.2, 0.25) is 5.91 Å². The van der Waals surface area contributed by atoms with Crippen molar-refractivity contribution in [3.05, 3.63) is 0 Å². The quantitative estimate of drug-likeness (QED) is 0.628. The summed E-state index contributed by atoms with van der Waals surface area (Å²) in [7, 11) is 0. The predicted molar refractivity (Wildman–Crippen MR) is 68.8 cm³/mol. The number of carbonyl (C=O) groups is 1. The van der Waals surface area contributed by atoms with E-state index in [9.17, 15) is 4.79 Å². The van der Waals surface area contributed by atoms with E-state index in [1.165, 1.54) is 19.3 Å². The third kappa shape index (κ3) is 6.64. The molecule has 1 rings (SSSR count). The van der Waals surface area contributed by atoms with Gasteiger partial charge in [0.15, 0.2) is 0 Å². The Labute approximate surface area is 104 Å². The van der Waals surface area contributed by atoms with E-state index in [2.05, 4.69) is 10.6 Å². The summed E-state index contributed by atoms with van der Waals surface area (Å²) in [5, 5.41) is 15.0. The molecule has 1 aliphatic carbocycles. The van der Waals surface area contributed by atoms with Gasteiger partial charge in [-0.25, -0.2) is 0 Å². The second kappa shape index (κ2) is 8.48. The van der Waals surface area contributed by atoms with Gasteiger partial charge >= 0.3 is 0 Å². The third-order valence-corrected chi connectivity index (χ3v) is 3.38. The molecule has 17 heavy (non-hydrogen) atoms. The normalized spacial score (nSPS) is 18.9. The molecule has 0 radical (unpaired) electrons. The van der Waals surface area contributed by atoms with Gasteiger partial charge in [-0.05, 0) is 32.6 Å². The topological polar surface area (TPSA) is 61.4 Å². The summed E-state index contributed by atoms with van der Waals surface area (Å²) >= 11 is 0. The summed E-state index contributed by atoms with van der Waals surface area (Å²) in [6, 6.07) is 0.685. The molecule has 0 aromatic carbocycles. The van der Waals surface area contributed by atoms with Gasteiger partial charge in [-0.1, -0.05) is 19.3 Å². The smallest absolute Gasteiger partial charge is 0.234 e. The van der Waals surface area contributed by atoms with Crippen LogP contribution in [0.2, 0.25) is 0 Å². The molecule has 0 saturated heterocycles. The molecule has 1 saturated carbocycles. The molecule has 1 amide bonds. The summed E-state index contributed by atoms with van der Waals surface area (Å²) < 4.78 is 0. The zero-order valence-corrected chi connectivity index (χ0v) is 10.9. The van der Waals surface area contributed by atoms with Gasteiger partial charge in [-0.15, -0.1) is 0 Å². The fourth-order valence-corrected chi connectivity index (χ4v) is 2.29. The Hall–Kier alpha value is -0.610. The molecule has 100 valence electrons. The van der Waals surface area contributed by atoms with Crippen LogP contribution < -0.4 is 10.6 Å². The Bertz CT molecular complexity index is 215. The Morgan fingerprint density at radius 3 is 2.71 bits per heavy atom. The van der Waals surface area contributed by atoms with Gasteiger partial charge in [0.1, 0.15) is 0 Å². The molecule has 0 bridgehead atoms. The molecule has 4 heteroatoms. The second-order valence-electron chi connectivity index (χ2n) is 5.05. The van der Waals surface area contributed by atoms with Crippen LogP contribution in [0.3, 0.4) is 0 Å². The maximum absolute atomic E-state index is 11.7. The summed E-state index contributed by atoms with van der Waals surface area (Å²) in [5.74, 6) is 0.104. The summed E-state index contributed by atoms with van der Waals surface area (Å²) in [4.78, 5) is 11.7. The molecule has 0 aliphatic heterocycles. The second-order valence-corrected chi connectivity index (χ2v) is 5.05. The van der Waals surface area contributed by atoms with Crippen molar-refractivity contribution in [2.45, 2.75) is 64.0 Å². The van der Waals surface area contributed by atoms with Crippen LogP contribution >= 0.6 is 0 Å². The van der Waals surface area contributed by atoms with Crippen LogP contribution in [0.1, 0.15) is 51.9 Å². The van der Waals surface area contributed by atoms with Crippen LogP contribution in [-0.4, -0.2) is 36.2 Å². The minimum absolute atomic E-state index is 0.104. The zero-order valence-electron chi connectivity index (χ0n) is 10.9. The molecule has 0 aromatic heterocycles. The van der Waals surface area contributed by atoms with E-state index in [0.29, 0.717) is 18.6 Å². The van der Waals surface area contributed by atoms with Gasteiger partial charge in [-0.3, -0.25) is 4.79 Å². The highest BCUT2D eigenvalue weighted by Crippen LogP contribution is 2.17.